The molecule has 0 atom stereocenters. The zero-order chi connectivity index (χ0) is 15.5. The Kier molecular flexibility index (Phi) is 4.31. The molecule has 0 unspecified atom stereocenters. The topological polar surface area (TPSA) is 43.1 Å². The van der Waals surface area contributed by atoms with E-state index in [0.717, 1.165) is 17.7 Å². The van der Waals surface area contributed by atoms with Crippen LogP contribution in [-0.4, -0.2) is 5.78 Å². The largest absolute Gasteiger partial charge is 0.416 e. The number of rotatable bonds is 4. The van der Waals surface area contributed by atoms with Gasteiger partial charge in [0.25, 0.3) is 0 Å². The Morgan fingerprint density at radius 2 is 1.29 bits per heavy atom. The van der Waals surface area contributed by atoms with Gasteiger partial charge in [-0.2, -0.15) is 13.2 Å². The summed E-state index contributed by atoms with van der Waals surface area (Å²) >= 11 is 0. The van der Waals surface area contributed by atoms with Crippen molar-refractivity contribution in [1.29, 1.82) is 0 Å². The summed E-state index contributed by atoms with van der Waals surface area (Å²) in [6, 6.07) is 11.6. The van der Waals surface area contributed by atoms with Crippen LogP contribution in [-0.2, 0) is 23.8 Å². The van der Waals surface area contributed by atoms with Crippen molar-refractivity contribution in [2.45, 2.75) is 19.0 Å². The van der Waals surface area contributed by atoms with E-state index in [1.165, 1.54) is 12.1 Å². The Morgan fingerprint density at radius 3 is 1.71 bits per heavy atom. The van der Waals surface area contributed by atoms with Gasteiger partial charge in [0.2, 0.25) is 0 Å². The first kappa shape index (κ1) is 15.1. The number of hydrogen-bond acceptors (Lipinski definition) is 2. The lowest BCUT2D eigenvalue weighted by Gasteiger charge is -2.07. The van der Waals surface area contributed by atoms with E-state index in [2.05, 4.69) is 0 Å². The predicted octanol–water partition coefficient (Wildman–Crippen LogP) is 3.64. The summed E-state index contributed by atoms with van der Waals surface area (Å²) in [7, 11) is 0. The first-order valence-electron chi connectivity index (χ1n) is 6.37. The molecule has 2 aromatic rings. The van der Waals surface area contributed by atoms with Crippen LogP contribution in [0.15, 0.2) is 48.5 Å². The lowest BCUT2D eigenvalue weighted by atomic mass is 10.0. The third kappa shape index (κ3) is 4.34. The number of carbonyl (C=O) groups is 1. The number of hydrogen-bond donors (Lipinski definition) is 1. The van der Waals surface area contributed by atoms with Gasteiger partial charge in [-0.05, 0) is 35.4 Å². The highest BCUT2D eigenvalue weighted by Crippen LogP contribution is 2.29. The molecule has 0 aliphatic carbocycles. The van der Waals surface area contributed by atoms with Crippen molar-refractivity contribution < 1.29 is 18.0 Å². The first-order valence-corrected chi connectivity index (χ1v) is 6.37. The maximum absolute atomic E-state index is 12.4. The molecular weight excluding hydrogens is 279 g/mol. The van der Waals surface area contributed by atoms with Gasteiger partial charge >= 0.3 is 6.18 Å². The molecule has 0 heterocycles. The average molecular weight is 293 g/mol. The molecule has 5 heteroatoms. The lowest BCUT2D eigenvalue weighted by Crippen LogP contribution is -2.08. The molecule has 0 bridgehead atoms. The average Bonchev–Trinajstić information content (AvgIpc) is 2.41. The second kappa shape index (κ2) is 5.99. The molecule has 0 saturated carbocycles. The summed E-state index contributed by atoms with van der Waals surface area (Å²) in [6.45, 7) is 0. The molecule has 2 aromatic carbocycles. The molecule has 0 amide bonds. The fourth-order valence-corrected chi connectivity index (χ4v) is 1.96. The van der Waals surface area contributed by atoms with Crippen molar-refractivity contribution in [3.05, 3.63) is 65.2 Å². The van der Waals surface area contributed by atoms with Crippen LogP contribution in [0, 0.1) is 0 Å². The normalized spacial score (nSPS) is 11.4. The lowest BCUT2D eigenvalue weighted by molar-refractivity contribution is -0.137. The summed E-state index contributed by atoms with van der Waals surface area (Å²) in [5, 5.41) is 0. The molecular formula is C16H14F3NO. The molecule has 0 saturated heterocycles. The fraction of sp³-hybridized carbons (Fsp3) is 0.188. The highest BCUT2D eigenvalue weighted by atomic mass is 19.4. The van der Waals surface area contributed by atoms with Gasteiger partial charge in [0.1, 0.15) is 5.78 Å². The third-order valence-electron chi connectivity index (χ3n) is 3.06. The molecule has 2 N–H and O–H groups in total. The fourth-order valence-electron chi connectivity index (χ4n) is 1.96. The van der Waals surface area contributed by atoms with Gasteiger partial charge in [-0.1, -0.05) is 24.3 Å². The van der Waals surface area contributed by atoms with Gasteiger partial charge < -0.3 is 5.73 Å². The van der Waals surface area contributed by atoms with E-state index in [-0.39, 0.29) is 18.6 Å². The number of alkyl halides is 3. The van der Waals surface area contributed by atoms with Crippen molar-refractivity contribution in [2.75, 3.05) is 5.73 Å². The number of anilines is 1. The van der Waals surface area contributed by atoms with Crippen LogP contribution < -0.4 is 5.73 Å². The minimum atomic E-state index is -4.35. The smallest absolute Gasteiger partial charge is 0.399 e. The summed E-state index contributed by atoms with van der Waals surface area (Å²) in [5.41, 5.74) is 6.87. The minimum Gasteiger partial charge on any atom is -0.399 e. The van der Waals surface area contributed by atoms with Gasteiger partial charge in [-0.25, -0.2) is 0 Å². The highest BCUT2D eigenvalue weighted by molar-refractivity contribution is 5.83. The van der Waals surface area contributed by atoms with Gasteiger partial charge in [0.05, 0.1) is 5.56 Å². The molecule has 0 aliphatic heterocycles. The van der Waals surface area contributed by atoms with Gasteiger partial charge in [0, 0.05) is 18.5 Å². The number of Topliss-reactive ketones (excluding diaryl/α,β-unsaturated/α-hetero) is 1. The molecule has 2 nitrogen and oxygen atoms in total. The summed E-state index contributed by atoms with van der Waals surface area (Å²) in [6.07, 6.45) is -4.00. The van der Waals surface area contributed by atoms with Crippen LogP contribution in [0.5, 0.6) is 0 Å². The van der Waals surface area contributed by atoms with Crippen LogP contribution in [0.25, 0.3) is 0 Å². The second-order valence-electron chi connectivity index (χ2n) is 4.83. The van der Waals surface area contributed by atoms with Gasteiger partial charge in [-0.3, -0.25) is 4.79 Å². The van der Waals surface area contributed by atoms with E-state index in [1.54, 1.807) is 24.3 Å². The van der Waals surface area contributed by atoms with E-state index in [9.17, 15) is 18.0 Å². The molecule has 0 aromatic heterocycles. The Labute approximate surface area is 120 Å². The number of halogens is 3. The van der Waals surface area contributed by atoms with E-state index < -0.39 is 11.7 Å². The van der Waals surface area contributed by atoms with Crippen molar-refractivity contribution in [3.8, 4) is 0 Å². The maximum atomic E-state index is 12.4. The first-order chi connectivity index (χ1) is 9.84. The molecule has 2 rings (SSSR count). The quantitative estimate of drug-likeness (QED) is 0.875. The summed E-state index contributed by atoms with van der Waals surface area (Å²) in [4.78, 5) is 11.9. The van der Waals surface area contributed by atoms with E-state index in [4.69, 9.17) is 5.73 Å². The zero-order valence-electron chi connectivity index (χ0n) is 11.2. The number of nitrogen functional groups attached to an aromatic ring is 1. The zero-order valence-corrected chi connectivity index (χ0v) is 11.2. The molecule has 21 heavy (non-hydrogen) atoms. The number of carbonyl (C=O) groups excluding carboxylic acids is 1. The third-order valence-corrected chi connectivity index (χ3v) is 3.06. The van der Waals surface area contributed by atoms with Gasteiger partial charge in [-0.15, -0.1) is 0 Å². The summed E-state index contributed by atoms with van der Waals surface area (Å²) in [5.74, 6) is -0.0560. The molecule has 0 radical (unpaired) electrons. The van der Waals surface area contributed by atoms with E-state index in [1.807, 2.05) is 0 Å². The Morgan fingerprint density at radius 1 is 0.857 bits per heavy atom. The molecule has 110 valence electrons. The van der Waals surface area contributed by atoms with Gasteiger partial charge in [0.15, 0.2) is 0 Å². The van der Waals surface area contributed by atoms with Crippen molar-refractivity contribution in [3.63, 3.8) is 0 Å². The second-order valence-corrected chi connectivity index (χ2v) is 4.83. The van der Waals surface area contributed by atoms with Crippen LogP contribution in [0.2, 0.25) is 0 Å². The number of nitrogens with two attached hydrogens (primary N) is 1. The van der Waals surface area contributed by atoms with Crippen molar-refractivity contribution in [1.82, 2.24) is 0 Å². The highest BCUT2D eigenvalue weighted by Gasteiger charge is 2.29. The molecule has 0 fully saturated rings. The van der Waals surface area contributed by atoms with Crippen molar-refractivity contribution in [2.24, 2.45) is 0 Å². The Balaban J connectivity index is 1.98. The van der Waals surface area contributed by atoms with E-state index >= 15 is 0 Å². The van der Waals surface area contributed by atoms with Crippen LogP contribution in [0.4, 0.5) is 18.9 Å². The standard InChI is InChI=1S/C16H14F3NO/c17-16(18,19)13-5-1-11(2-6-13)9-15(21)10-12-3-7-14(20)8-4-12/h1-8H,9-10,20H2. The summed E-state index contributed by atoms with van der Waals surface area (Å²) < 4.78 is 37.3. The molecule has 0 aliphatic rings. The number of ketones is 1. The number of benzene rings is 2. The van der Waals surface area contributed by atoms with Crippen LogP contribution >= 0.6 is 0 Å². The maximum Gasteiger partial charge on any atom is 0.416 e. The Bertz CT molecular complexity index is 615. The van der Waals surface area contributed by atoms with Crippen molar-refractivity contribution >= 4 is 11.5 Å². The monoisotopic (exact) mass is 293 g/mol. The van der Waals surface area contributed by atoms with E-state index in [0.29, 0.717) is 11.3 Å². The van der Waals surface area contributed by atoms with Crippen LogP contribution in [0.1, 0.15) is 16.7 Å². The minimum absolute atomic E-state index is 0.0560. The molecule has 0 spiro atoms. The van der Waals surface area contributed by atoms with Crippen LogP contribution in [0.3, 0.4) is 0 Å². The SMILES string of the molecule is Nc1ccc(CC(=O)Cc2ccc(C(F)(F)F)cc2)cc1. The Hall–Kier alpha value is -2.30. The predicted molar refractivity (Wildman–Crippen MR) is 74.7 cm³/mol.